The van der Waals surface area contributed by atoms with E-state index in [1.54, 1.807) is 12.4 Å². The fraction of sp³-hybridized carbons (Fsp3) is 0. The van der Waals surface area contributed by atoms with Gasteiger partial charge in [-0.15, -0.1) is 0 Å². The van der Waals surface area contributed by atoms with Gasteiger partial charge in [0.15, 0.2) is 5.76 Å². The summed E-state index contributed by atoms with van der Waals surface area (Å²) < 4.78 is 5.63. The molecular weight excluding hydrogens is 236 g/mol. The molecule has 0 aliphatic heterocycles. The fourth-order valence-corrected chi connectivity index (χ4v) is 1.73. The molecule has 0 aliphatic rings. The zero-order valence-electron chi connectivity index (χ0n) is 10.2. The smallest absolute Gasteiger partial charge is 0.238 e. The topological polar surface area (TPSA) is 38.4 Å². The molecule has 0 atom stereocenters. The van der Waals surface area contributed by atoms with Crippen LogP contribution in [-0.2, 0) is 0 Å². The fourth-order valence-electron chi connectivity index (χ4n) is 1.73. The second kappa shape index (κ2) is 5.31. The predicted molar refractivity (Wildman–Crippen MR) is 75.6 cm³/mol. The molecule has 0 saturated carbocycles. The van der Waals surface area contributed by atoms with Crippen LogP contribution in [0.1, 0.15) is 5.89 Å². The summed E-state index contributed by atoms with van der Waals surface area (Å²) in [5.41, 5.74) is 1.89. The molecule has 3 heteroatoms. The first-order valence-electron chi connectivity index (χ1n) is 6.02. The monoisotopic (exact) mass is 248 g/mol. The van der Waals surface area contributed by atoms with Crippen molar-refractivity contribution in [2.24, 2.45) is 4.99 Å². The molecule has 1 aromatic heterocycles. The lowest BCUT2D eigenvalue weighted by Gasteiger charge is -1.93. The third-order valence-electron chi connectivity index (χ3n) is 2.66. The third-order valence-corrected chi connectivity index (χ3v) is 2.66. The van der Waals surface area contributed by atoms with E-state index in [4.69, 9.17) is 4.42 Å². The molecule has 0 amide bonds. The van der Waals surface area contributed by atoms with Crippen LogP contribution < -0.4 is 0 Å². The molecule has 0 saturated heterocycles. The van der Waals surface area contributed by atoms with Crippen LogP contribution in [0, 0.1) is 0 Å². The minimum atomic E-state index is 0.503. The van der Waals surface area contributed by atoms with Crippen molar-refractivity contribution in [3.8, 4) is 11.3 Å². The predicted octanol–water partition coefficient (Wildman–Crippen LogP) is 4.09. The summed E-state index contributed by atoms with van der Waals surface area (Å²) in [4.78, 5) is 8.49. The SMILES string of the molecule is C(=Nc1ccccc1)c1ncc(-c2ccccc2)o1. The molecular formula is C16H12N2O. The number of rotatable bonds is 3. The standard InChI is InChI=1S/C16H12N2O/c1-3-7-13(8-4-1)15-11-18-16(19-15)12-17-14-9-5-2-6-10-14/h1-12H. The normalized spacial score (nSPS) is 10.9. The molecule has 0 bridgehead atoms. The second-order valence-electron chi connectivity index (χ2n) is 4.02. The molecule has 0 N–H and O–H groups in total. The van der Waals surface area contributed by atoms with E-state index in [0.29, 0.717) is 5.89 Å². The van der Waals surface area contributed by atoms with E-state index in [-0.39, 0.29) is 0 Å². The van der Waals surface area contributed by atoms with Crippen molar-refractivity contribution in [1.29, 1.82) is 0 Å². The van der Waals surface area contributed by atoms with Crippen molar-refractivity contribution in [3.63, 3.8) is 0 Å². The molecule has 0 radical (unpaired) electrons. The Morgan fingerprint density at radius 3 is 2.32 bits per heavy atom. The highest BCUT2D eigenvalue weighted by Crippen LogP contribution is 2.19. The average Bonchev–Trinajstić information content (AvgIpc) is 2.96. The van der Waals surface area contributed by atoms with E-state index >= 15 is 0 Å². The quantitative estimate of drug-likeness (QED) is 0.655. The van der Waals surface area contributed by atoms with Crippen LogP contribution >= 0.6 is 0 Å². The van der Waals surface area contributed by atoms with Crippen molar-refractivity contribution < 1.29 is 4.42 Å². The van der Waals surface area contributed by atoms with Gasteiger partial charge in [-0.1, -0.05) is 48.5 Å². The number of hydrogen-bond donors (Lipinski definition) is 0. The van der Waals surface area contributed by atoms with Gasteiger partial charge in [-0.05, 0) is 12.1 Å². The van der Waals surface area contributed by atoms with Gasteiger partial charge in [0.2, 0.25) is 5.89 Å². The van der Waals surface area contributed by atoms with Crippen molar-refractivity contribution in [2.45, 2.75) is 0 Å². The Kier molecular flexibility index (Phi) is 3.19. The van der Waals surface area contributed by atoms with Crippen LogP contribution in [0.15, 0.2) is 76.3 Å². The Morgan fingerprint density at radius 2 is 1.58 bits per heavy atom. The number of nitrogens with zero attached hydrogens (tertiary/aromatic N) is 2. The Balaban J connectivity index is 1.81. The van der Waals surface area contributed by atoms with Crippen molar-refractivity contribution in [1.82, 2.24) is 4.98 Å². The minimum Gasteiger partial charge on any atom is -0.435 e. The molecule has 1 heterocycles. The van der Waals surface area contributed by atoms with E-state index in [0.717, 1.165) is 17.0 Å². The first kappa shape index (κ1) is 11.4. The maximum Gasteiger partial charge on any atom is 0.238 e. The van der Waals surface area contributed by atoms with Gasteiger partial charge < -0.3 is 4.42 Å². The summed E-state index contributed by atoms with van der Waals surface area (Å²) in [7, 11) is 0. The van der Waals surface area contributed by atoms with E-state index in [2.05, 4.69) is 9.98 Å². The average molecular weight is 248 g/mol. The largest absolute Gasteiger partial charge is 0.435 e. The first-order valence-corrected chi connectivity index (χ1v) is 6.02. The number of para-hydroxylation sites is 1. The molecule has 3 rings (SSSR count). The van der Waals surface area contributed by atoms with Crippen LogP contribution in [0.4, 0.5) is 5.69 Å². The van der Waals surface area contributed by atoms with Gasteiger partial charge in [-0.3, -0.25) is 4.99 Å². The van der Waals surface area contributed by atoms with E-state index in [1.807, 2.05) is 60.7 Å². The molecule has 3 nitrogen and oxygen atoms in total. The Morgan fingerprint density at radius 1 is 0.895 bits per heavy atom. The van der Waals surface area contributed by atoms with Crippen molar-refractivity contribution in [2.75, 3.05) is 0 Å². The highest BCUT2D eigenvalue weighted by Gasteiger charge is 2.03. The Labute approximate surface area is 111 Å². The summed E-state index contributed by atoms with van der Waals surface area (Å²) in [6, 6.07) is 19.6. The summed E-state index contributed by atoms with van der Waals surface area (Å²) >= 11 is 0. The van der Waals surface area contributed by atoms with Crippen LogP contribution in [0.25, 0.3) is 11.3 Å². The maximum atomic E-state index is 5.63. The maximum absolute atomic E-state index is 5.63. The third kappa shape index (κ3) is 2.77. The molecule has 92 valence electrons. The number of aliphatic imine (C=N–C) groups is 1. The van der Waals surface area contributed by atoms with Gasteiger partial charge in [-0.2, -0.15) is 0 Å². The van der Waals surface area contributed by atoms with Gasteiger partial charge >= 0.3 is 0 Å². The lowest BCUT2D eigenvalue weighted by atomic mass is 10.2. The van der Waals surface area contributed by atoms with Gasteiger partial charge in [0.05, 0.1) is 18.1 Å². The number of oxazole rings is 1. The molecule has 0 aliphatic carbocycles. The van der Waals surface area contributed by atoms with E-state index in [1.165, 1.54) is 0 Å². The highest BCUT2D eigenvalue weighted by atomic mass is 16.4. The highest BCUT2D eigenvalue weighted by molar-refractivity contribution is 5.77. The molecule has 0 unspecified atom stereocenters. The lowest BCUT2D eigenvalue weighted by molar-refractivity contribution is 0.564. The van der Waals surface area contributed by atoms with Gasteiger partial charge in [0.25, 0.3) is 0 Å². The molecule has 2 aromatic carbocycles. The van der Waals surface area contributed by atoms with Crippen molar-refractivity contribution in [3.05, 3.63) is 72.8 Å². The van der Waals surface area contributed by atoms with Crippen molar-refractivity contribution >= 4 is 11.9 Å². The number of aromatic nitrogens is 1. The molecule has 3 aromatic rings. The van der Waals surface area contributed by atoms with Crippen LogP contribution in [0.3, 0.4) is 0 Å². The van der Waals surface area contributed by atoms with E-state index < -0.39 is 0 Å². The van der Waals surface area contributed by atoms with E-state index in [9.17, 15) is 0 Å². The van der Waals surface area contributed by atoms with Crippen LogP contribution in [0.2, 0.25) is 0 Å². The molecule has 0 spiro atoms. The van der Waals surface area contributed by atoms with Crippen LogP contribution in [0.5, 0.6) is 0 Å². The summed E-state index contributed by atoms with van der Waals surface area (Å²) in [6.45, 7) is 0. The van der Waals surface area contributed by atoms with Gasteiger partial charge in [0, 0.05) is 5.56 Å². The Bertz CT molecular complexity index is 672. The summed E-state index contributed by atoms with van der Waals surface area (Å²) in [5, 5.41) is 0. The first-order chi connectivity index (χ1) is 9.42. The zero-order valence-corrected chi connectivity index (χ0v) is 10.2. The number of benzene rings is 2. The summed E-state index contributed by atoms with van der Waals surface area (Å²) in [5.74, 6) is 1.25. The van der Waals surface area contributed by atoms with Gasteiger partial charge in [0.1, 0.15) is 0 Å². The van der Waals surface area contributed by atoms with Gasteiger partial charge in [-0.25, -0.2) is 4.98 Å². The lowest BCUT2D eigenvalue weighted by Crippen LogP contribution is -1.77. The Hall–Kier alpha value is -2.68. The molecule has 0 fully saturated rings. The second-order valence-corrected chi connectivity index (χ2v) is 4.02. The summed E-state index contributed by atoms with van der Waals surface area (Å²) in [6.07, 6.45) is 3.34. The van der Waals surface area contributed by atoms with Crippen LogP contribution in [-0.4, -0.2) is 11.2 Å². The zero-order chi connectivity index (χ0) is 12.9. The molecule has 19 heavy (non-hydrogen) atoms. The minimum absolute atomic E-state index is 0.503. The number of hydrogen-bond acceptors (Lipinski definition) is 3.